The Bertz CT molecular complexity index is 887. The fourth-order valence-corrected chi connectivity index (χ4v) is 4.48. The molecule has 0 saturated carbocycles. The van der Waals surface area contributed by atoms with Crippen LogP contribution < -0.4 is 10.1 Å². The molecule has 0 aromatic heterocycles. The van der Waals surface area contributed by atoms with E-state index in [-0.39, 0.29) is 19.6 Å². The number of halogens is 1. The van der Waals surface area contributed by atoms with Gasteiger partial charge >= 0.3 is 6.09 Å². The predicted molar refractivity (Wildman–Crippen MR) is 97.8 cm³/mol. The minimum atomic E-state index is -3.88. The minimum Gasteiger partial charge on any atom is -0.491 e. The highest BCUT2D eigenvalue weighted by Gasteiger charge is 2.41. The Kier molecular flexibility index (Phi) is 5.38. The molecular weight excluding hydrogens is 378 g/mol. The van der Waals surface area contributed by atoms with Crippen LogP contribution in [0.1, 0.15) is 11.1 Å². The highest BCUT2D eigenvalue weighted by atomic mass is 35.7. The maximum Gasteiger partial charge on any atom is 0.408 e. The second kappa shape index (κ2) is 7.55. The van der Waals surface area contributed by atoms with Crippen LogP contribution in [0.3, 0.4) is 0 Å². The molecule has 2 aromatic carbocycles. The summed E-state index contributed by atoms with van der Waals surface area (Å²) in [5.41, 5.74) is 0.428. The van der Waals surface area contributed by atoms with Crippen LogP contribution in [0.2, 0.25) is 0 Å². The van der Waals surface area contributed by atoms with Gasteiger partial charge in [0, 0.05) is 17.1 Å². The number of rotatable bonds is 5. The number of hydrogen-bond acceptors (Lipinski definition) is 5. The highest BCUT2D eigenvalue weighted by Crippen LogP contribution is 2.30. The Morgan fingerprint density at radius 3 is 2.58 bits per heavy atom. The first-order valence-electron chi connectivity index (χ1n) is 7.97. The van der Waals surface area contributed by atoms with Crippen molar-refractivity contribution in [2.45, 2.75) is 18.6 Å². The molecule has 1 unspecified atom stereocenters. The van der Waals surface area contributed by atoms with E-state index in [9.17, 15) is 13.2 Å². The number of carbonyl (C=O) groups is 1. The van der Waals surface area contributed by atoms with Gasteiger partial charge in [0.15, 0.2) is 0 Å². The fraction of sp³-hybridized carbons (Fsp3) is 0.278. The summed E-state index contributed by atoms with van der Waals surface area (Å²) >= 11 is 0. The van der Waals surface area contributed by atoms with Crippen molar-refractivity contribution >= 4 is 25.8 Å². The number of fused-ring (bicyclic) bond motifs is 1. The van der Waals surface area contributed by atoms with E-state index in [1.54, 1.807) is 6.07 Å². The molecule has 0 aliphatic carbocycles. The van der Waals surface area contributed by atoms with E-state index >= 15 is 0 Å². The number of para-hydroxylation sites is 1. The molecule has 1 aliphatic heterocycles. The van der Waals surface area contributed by atoms with Crippen LogP contribution in [0.4, 0.5) is 4.79 Å². The van der Waals surface area contributed by atoms with Crippen molar-refractivity contribution in [3.8, 4) is 5.75 Å². The average molecular weight is 396 g/mol. The summed E-state index contributed by atoms with van der Waals surface area (Å²) in [5.74, 6) is 0.200. The van der Waals surface area contributed by atoms with Gasteiger partial charge in [0.2, 0.25) is 9.05 Å². The van der Waals surface area contributed by atoms with Crippen molar-refractivity contribution < 1.29 is 22.7 Å². The van der Waals surface area contributed by atoms with Gasteiger partial charge in [-0.1, -0.05) is 48.5 Å². The SMILES string of the molecule is O=C(NC1(CS(=O)(=O)Cl)COc2ccccc2C1)OCc1ccccc1. The lowest BCUT2D eigenvalue weighted by Gasteiger charge is -2.37. The molecule has 0 radical (unpaired) electrons. The zero-order valence-electron chi connectivity index (χ0n) is 13.9. The lowest BCUT2D eigenvalue weighted by molar-refractivity contribution is 0.111. The monoisotopic (exact) mass is 395 g/mol. The van der Waals surface area contributed by atoms with Gasteiger partial charge in [-0.05, 0) is 17.2 Å². The molecule has 1 N–H and O–H groups in total. The van der Waals surface area contributed by atoms with Crippen molar-refractivity contribution in [2.24, 2.45) is 0 Å². The van der Waals surface area contributed by atoms with E-state index in [0.717, 1.165) is 11.1 Å². The van der Waals surface area contributed by atoms with Gasteiger partial charge in [0.05, 0.1) is 11.3 Å². The molecule has 0 saturated heterocycles. The van der Waals surface area contributed by atoms with Crippen LogP contribution in [-0.4, -0.2) is 32.4 Å². The summed E-state index contributed by atoms with van der Waals surface area (Å²) < 4.78 is 34.3. The Balaban J connectivity index is 1.74. The van der Waals surface area contributed by atoms with E-state index in [4.69, 9.17) is 20.2 Å². The first-order chi connectivity index (χ1) is 12.4. The van der Waals surface area contributed by atoms with E-state index < -0.39 is 26.4 Å². The largest absolute Gasteiger partial charge is 0.491 e. The lowest BCUT2D eigenvalue weighted by Crippen LogP contribution is -2.59. The van der Waals surface area contributed by atoms with Gasteiger partial charge < -0.3 is 14.8 Å². The summed E-state index contributed by atoms with van der Waals surface area (Å²) in [6, 6.07) is 16.4. The van der Waals surface area contributed by atoms with Crippen LogP contribution in [0.5, 0.6) is 5.75 Å². The Morgan fingerprint density at radius 1 is 1.15 bits per heavy atom. The zero-order chi connectivity index (χ0) is 18.6. The summed E-state index contributed by atoms with van der Waals surface area (Å²) in [6.07, 6.45) is -0.451. The number of ether oxygens (including phenoxy) is 2. The molecular formula is C18H18ClNO5S. The summed E-state index contributed by atoms with van der Waals surface area (Å²) in [7, 11) is 1.59. The third kappa shape index (κ3) is 4.89. The highest BCUT2D eigenvalue weighted by molar-refractivity contribution is 8.13. The molecule has 1 aliphatic rings. The van der Waals surface area contributed by atoms with Gasteiger partial charge in [-0.2, -0.15) is 0 Å². The smallest absolute Gasteiger partial charge is 0.408 e. The number of carbonyl (C=O) groups excluding carboxylic acids is 1. The topological polar surface area (TPSA) is 81.7 Å². The zero-order valence-corrected chi connectivity index (χ0v) is 15.4. The van der Waals surface area contributed by atoms with Crippen LogP contribution in [0, 0.1) is 0 Å². The van der Waals surface area contributed by atoms with E-state index in [0.29, 0.717) is 5.75 Å². The van der Waals surface area contributed by atoms with Crippen LogP contribution in [0.25, 0.3) is 0 Å². The van der Waals surface area contributed by atoms with Crippen molar-refractivity contribution in [3.05, 3.63) is 65.7 Å². The molecule has 1 heterocycles. The summed E-state index contributed by atoms with van der Waals surface area (Å²) in [4.78, 5) is 12.3. The van der Waals surface area contributed by atoms with Crippen LogP contribution in [-0.2, 0) is 26.8 Å². The molecule has 1 atom stereocenters. The minimum absolute atomic E-state index is 0.0175. The van der Waals surface area contributed by atoms with E-state index in [1.165, 1.54) is 0 Å². The van der Waals surface area contributed by atoms with Gasteiger partial charge in [0.25, 0.3) is 0 Å². The Morgan fingerprint density at radius 2 is 1.85 bits per heavy atom. The van der Waals surface area contributed by atoms with Crippen molar-refractivity contribution in [1.29, 1.82) is 0 Å². The quantitative estimate of drug-likeness (QED) is 0.787. The molecule has 0 bridgehead atoms. The Hall–Kier alpha value is -2.25. The van der Waals surface area contributed by atoms with Crippen LogP contribution in [0.15, 0.2) is 54.6 Å². The second-order valence-corrected chi connectivity index (χ2v) is 9.00. The second-order valence-electron chi connectivity index (χ2n) is 6.22. The predicted octanol–water partition coefficient (Wildman–Crippen LogP) is 2.86. The van der Waals surface area contributed by atoms with Gasteiger partial charge in [-0.25, -0.2) is 13.2 Å². The number of nitrogens with one attached hydrogen (secondary N) is 1. The average Bonchev–Trinajstić information content (AvgIpc) is 2.59. The van der Waals surface area contributed by atoms with Gasteiger partial charge in [-0.15, -0.1) is 0 Å². The molecule has 3 rings (SSSR count). The van der Waals surface area contributed by atoms with Crippen molar-refractivity contribution in [1.82, 2.24) is 5.32 Å². The first kappa shape index (κ1) is 18.5. The summed E-state index contributed by atoms with van der Waals surface area (Å²) in [5, 5.41) is 2.65. The molecule has 138 valence electrons. The number of hydrogen-bond donors (Lipinski definition) is 1. The first-order valence-corrected chi connectivity index (χ1v) is 10.5. The molecule has 1 amide bonds. The third-order valence-electron chi connectivity index (χ3n) is 4.03. The third-order valence-corrected chi connectivity index (χ3v) is 5.26. The van der Waals surface area contributed by atoms with Crippen LogP contribution >= 0.6 is 10.7 Å². The lowest BCUT2D eigenvalue weighted by atomic mass is 9.90. The normalized spacial score (nSPS) is 19.1. The molecule has 6 nitrogen and oxygen atoms in total. The van der Waals surface area contributed by atoms with Gasteiger partial charge in [-0.3, -0.25) is 0 Å². The van der Waals surface area contributed by atoms with Gasteiger partial charge in [0.1, 0.15) is 19.0 Å². The molecule has 2 aromatic rings. The number of amides is 1. The molecule has 26 heavy (non-hydrogen) atoms. The maximum absolute atomic E-state index is 12.3. The van der Waals surface area contributed by atoms with E-state index in [2.05, 4.69) is 5.32 Å². The van der Waals surface area contributed by atoms with Crippen molar-refractivity contribution in [2.75, 3.05) is 12.4 Å². The fourth-order valence-electron chi connectivity index (χ4n) is 2.94. The molecule has 8 heteroatoms. The van der Waals surface area contributed by atoms with E-state index in [1.807, 2.05) is 48.5 Å². The number of alkyl carbamates (subject to hydrolysis) is 1. The maximum atomic E-state index is 12.3. The Labute approximate surface area is 156 Å². The standard InChI is InChI=1S/C18H18ClNO5S/c19-26(22,23)13-18(10-15-8-4-5-9-16(15)25-12-18)20-17(21)24-11-14-6-2-1-3-7-14/h1-9H,10-13H2,(H,20,21). The molecule has 0 spiro atoms. The van der Waals surface area contributed by atoms with Crippen molar-refractivity contribution in [3.63, 3.8) is 0 Å². The summed E-state index contributed by atoms with van der Waals surface area (Å²) in [6.45, 7) is 0.0597. The molecule has 0 fully saturated rings. The number of benzene rings is 2.